The van der Waals surface area contributed by atoms with Crippen molar-refractivity contribution in [3.8, 4) is 6.07 Å². The fourth-order valence-electron chi connectivity index (χ4n) is 1.18. The summed E-state index contributed by atoms with van der Waals surface area (Å²) >= 11 is 5.68. The van der Waals surface area contributed by atoms with E-state index in [2.05, 4.69) is 0 Å². The van der Waals surface area contributed by atoms with Crippen LogP contribution in [0.25, 0.3) is 0 Å². The number of nitro benzene ring substituents is 1. The summed E-state index contributed by atoms with van der Waals surface area (Å²) in [6.45, 7) is 0. The van der Waals surface area contributed by atoms with E-state index in [4.69, 9.17) is 22.0 Å². The Balaban J connectivity index is 3.41. The van der Waals surface area contributed by atoms with Gasteiger partial charge >= 0.3 is 5.97 Å². The van der Waals surface area contributed by atoms with Crippen molar-refractivity contribution in [2.24, 2.45) is 0 Å². The zero-order valence-electron chi connectivity index (χ0n) is 7.81. The number of aliphatic carboxylic acids is 1. The van der Waals surface area contributed by atoms with Gasteiger partial charge in [0.15, 0.2) is 0 Å². The number of nitro groups is 1. The molecule has 0 fully saturated rings. The number of hydrogen-bond acceptors (Lipinski definition) is 4. The summed E-state index contributed by atoms with van der Waals surface area (Å²) in [5.41, 5.74) is -0.532. The van der Waals surface area contributed by atoms with E-state index in [9.17, 15) is 14.9 Å². The lowest BCUT2D eigenvalue weighted by Crippen LogP contribution is -2.05. The second kappa shape index (κ2) is 4.59. The molecule has 0 saturated heterocycles. The summed E-state index contributed by atoms with van der Waals surface area (Å²) in [5.74, 6) is -1.23. The van der Waals surface area contributed by atoms with Crippen LogP contribution in [-0.4, -0.2) is 16.0 Å². The molecule has 0 amide bonds. The molecule has 0 unspecified atom stereocenters. The van der Waals surface area contributed by atoms with Gasteiger partial charge in [-0.15, -0.1) is 0 Å². The topological polar surface area (TPSA) is 104 Å². The van der Waals surface area contributed by atoms with Crippen LogP contribution in [0.15, 0.2) is 12.1 Å². The van der Waals surface area contributed by atoms with Gasteiger partial charge in [0, 0.05) is 6.07 Å². The molecule has 0 bridgehead atoms. The number of benzene rings is 1. The van der Waals surface area contributed by atoms with Crippen molar-refractivity contribution >= 4 is 23.3 Å². The van der Waals surface area contributed by atoms with Crippen LogP contribution >= 0.6 is 11.6 Å². The van der Waals surface area contributed by atoms with Crippen molar-refractivity contribution in [3.05, 3.63) is 38.4 Å². The zero-order valence-corrected chi connectivity index (χ0v) is 8.56. The van der Waals surface area contributed by atoms with E-state index < -0.39 is 23.0 Å². The minimum Gasteiger partial charge on any atom is -0.481 e. The molecular weight excluding hydrogens is 236 g/mol. The van der Waals surface area contributed by atoms with Crippen molar-refractivity contribution in [2.75, 3.05) is 0 Å². The molecule has 0 spiro atoms. The van der Waals surface area contributed by atoms with Crippen LogP contribution in [-0.2, 0) is 11.2 Å². The molecule has 0 saturated carbocycles. The van der Waals surface area contributed by atoms with E-state index in [1.807, 2.05) is 0 Å². The Morgan fingerprint density at radius 3 is 2.69 bits per heavy atom. The number of rotatable bonds is 3. The van der Waals surface area contributed by atoms with Crippen molar-refractivity contribution in [1.29, 1.82) is 5.26 Å². The number of nitrogens with zero attached hydrogens (tertiary/aromatic N) is 2. The summed E-state index contributed by atoms with van der Waals surface area (Å²) in [5, 5.41) is 27.7. The van der Waals surface area contributed by atoms with Crippen molar-refractivity contribution in [3.63, 3.8) is 0 Å². The van der Waals surface area contributed by atoms with E-state index >= 15 is 0 Å². The third kappa shape index (κ3) is 2.46. The van der Waals surface area contributed by atoms with Crippen LogP contribution < -0.4 is 0 Å². The van der Waals surface area contributed by atoms with Gasteiger partial charge in [0.2, 0.25) is 0 Å². The van der Waals surface area contributed by atoms with Crippen LogP contribution in [0, 0.1) is 21.4 Å². The van der Waals surface area contributed by atoms with Gasteiger partial charge in [-0.25, -0.2) is 0 Å². The second-order valence-corrected chi connectivity index (χ2v) is 3.30. The van der Waals surface area contributed by atoms with E-state index in [0.717, 1.165) is 6.07 Å². The number of carboxylic acids is 1. The minimum atomic E-state index is -1.23. The molecule has 0 radical (unpaired) electrons. The highest BCUT2D eigenvalue weighted by molar-refractivity contribution is 6.32. The van der Waals surface area contributed by atoms with Crippen molar-refractivity contribution < 1.29 is 14.8 Å². The van der Waals surface area contributed by atoms with Gasteiger partial charge in [0.05, 0.1) is 33.6 Å². The van der Waals surface area contributed by atoms with Gasteiger partial charge in [-0.05, 0) is 6.07 Å². The molecule has 0 aliphatic rings. The molecule has 1 aromatic carbocycles. The van der Waals surface area contributed by atoms with Gasteiger partial charge < -0.3 is 5.11 Å². The molecule has 82 valence electrons. The quantitative estimate of drug-likeness (QED) is 0.640. The minimum absolute atomic E-state index is 0.0193. The average Bonchev–Trinajstić information content (AvgIpc) is 2.19. The van der Waals surface area contributed by atoms with E-state index in [-0.39, 0.29) is 16.1 Å². The Bertz CT molecular complexity index is 507. The Morgan fingerprint density at radius 2 is 2.25 bits per heavy atom. The summed E-state index contributed by atoms with van der Waals surface area (Å²) in [7, 11) is 0. The van der Waals surface area contributed by atoms with E-state index in [1.165, 1.54) is 6.07 Å². The monoisotopic (exact) mass is 240 g/mol. The van der Waals surface area contributed by atoms with Crippen LogP contribution in [0.3, 0.4) is 0 Å². The van der Waals surface area contributed by atoms with Crippen LogP contribution in [0.4, 0.5) is 5.69 Å². The van der Waals surface area contributed by atoms with E-state index in [1.54, 1.807) is 6.07 Å². The number of nitriles is 1. The maximum Gasteiger partial charge on any atom is 0.308 e. The van der Waals surface area contributed by atoms with Gasteiger partial charge in [-0.3, -0.25) is 14.9 Å². The number of halogens is 1. The lowest BCUT2D eigenvalue weighted by atomic mass is 10.1. The molecule has 0 atom stereocenters. The van der Waals surface area contributed by atoms with Gasteiger partial charge in [-0.2, -0.15) is 5.26 Å². The highest BCUT2D eigenvalue weighted by Crippen LogP contribution is 2.28. The first kappa shape index (κ1) is 11.9. The summed E-state index contributed by atoms with van der Waals surface area (Å²) in [6.07, 6.45) is -0.555. The SMILES string of the molecule is N#Cc1cc(Cl)c(CC(=O)O)c([N+](=O)[O-])c1. The highest BCUT2D eigenvalue weighted by atomic mass is 35.5. The molecule has 1 N–H and O–H groups in total. The number of carboxylic acid groups (broad SMARTS) is 1. The molecule has 0 heterocycles. The predicted octanol–water partition coefficient (Wildman–Crippen LogP) is 1.75. The smallest absolute Gasteiger partial charge is 0.308 e. The molecule has 0 aliphatic heterocycles. The van der Waals surface area contributed by atoms with Crippen LogP contribution in [0.5, 0.6) is 0 Å². The third-order valence-electron chi connectivity index (χ3n) is 1.83. The Morgan fingerprint density at radius 1 is 1.62 bits per heavy atom. The maximum absolute atomic E-state index is 10.7. The molecule has 1 rings (SSSR count). The molecule has 16 heavy (non-hydrogen) atoms. The van der Waals surface area contributed by atoms with Gasteiger partial charge in [0.25, 0.3) is 5.69 Å². The Hall–Kier alpha value is -2.13. The lowest BCUT2D eigenvalue weighted by Gasteiger charge is -2.03. The molecule has 0 aliphatic carbocycles. The average molecular weight is 241 g/mol. The first-order chi connectivity index (χ1) is 7.45. The van der Waals surface area contributed by atoms with E-state index in [0.29, 0.717) is 0 Å². The van der Waals surface area contributed by atoms with Crippen LogP contribution in [0.2, 0.25) is 5.02 Å². The maximum atomic E-state index is 10.7. The highest BCUT2D eigenvalue weighted by Gasteiger charge is 2.20. The summed E-state index contributed by atoms with van der Waals surface area (Å²) in [6, 6.07) is 3.91. The van der Waals surface area contributed by atoms with Gasteiger partial charge in [-0.1, -0.05) is 11.6 Å². The largest absolute Gasteiger partial charge is 0.481 e. The molecular formula is C9H5ClN2O4. The summed E-state index contributed by atoms with van der Waals surface area (Å²) < 4.78 is 0. The Kier molecular flexibility index (Phi) is 3.43. The van der Waals surface area contributed by atoms with Crippen LogP contribution in [0.1, 0.15) is 11.1 Å². The van der Waals surface area contributed by atoms with Gasteiger partial charge in [0.1, 0.15) is 0 Å². The number of carbonyl (C=O) groups is 1. The second-order valence-electron chi connectivity index (χ2n) is 2.90. The van der Waals surface area contributed by atoms with Crippen molar-refractivity contribution in [2.45, 2.75) is 6.42 Å². The normalized spacial score (nSPS) is 9.50. The molecule has 6 nitrogen and oxygen atoms in total. The fraction of sp³-hybridized carbons (Fsp3) is 0.111. The zero-order chi connectivity index (χ0) is 12.3. The van der Waals surface area contributed by atoms with Crippen molar-refractivity contribution in [1.82, 2.24) is 0 Å². The summed E-state index contributed by atoms with van der Waals surface area (Å²) in [4.78, 5) is 20.4. The first-order valence-electron chi connectivity index (χ1n) is 4.04. The fourth-order valence-corrected chi connectivity index (χ4v) is 1.46. The standard InChI is InChI=1S/C9H5ClN2O4/c10-7-1-5(4-11)2-8(12(15)16)6(7)3-9(13)14/h1-2H,3H2,(H,13,14). The lowest BCUT2D eigenvalue weighted by molar-refractivity contribution is -0.385. The molecule has 7 heteroatoms. The third-order valence-corrected chi connectivity index (χ3v) is 2.16. The first-order valence-corrected chi connectivity index (χ1v) is 4.42. The predicted molar refractivity (Wildman–Crippen MR) is 54.2 cm³/mol. The number of hydrogen-bond donors (Lipinski definition) is 1. The molecule has 0 aromatic heterocycles. The Labute approximate surface area is 94.8 Å². The molecule has 1 aromatic rings.